The predicted octanol–water partition coefficient (Wildman–Crippen LogP) is 4.29. The summed E-state index contributed by atoms with van der Waals surface area (Å²) in [6.45, 7) is 0.783. The number of amides is 1. The van der Waals surface area contributed by atoms with Crippen LogP contribution in [0, 0.1) is 5.82 Å². The van der Waals surface area contributed by atoms with Crippen LogP contribution in [0.5, 0.6) is 0 Å². The molecule has 1 fully saturated rings. The van der Waals surface area contributed by atoms with Gasteiger partial charge in [-0.05, 0) is 31.0 Å². The van der Waals surface area contributed by atoms with Gasteiger partial charge in [-0.2, -0.15) is 4.31 Å². The molecule has 5 rings (SSSR count). The number of anilines is 1. The van der Waals surface area contributed by atoms with Crippen LogP contribution >= 0.6 is 0 Å². The molecule has 0 spiro atoms. The summed E-state index contributed by atoms with van der Waals surface area (Å²) in [6.07, 6.45) is 0.577. The number of ether oxygens (including phenoxy) is 1. The first-order valence-electron chi connectivity index (χ1n) is 10.2. The Morgan fingerprint density at radius 2 is 1.58 bits per heavy atom. The highest BCUT2D eigenvalue weighted by Crippen LogP contribution is 2.34. The zero-order valence-electron chi connectivity index (χ0n) is 16.7. The molecule has 3 aromatic carbocycles. The number of rotatable bonds is 3. The fourth-order valence-corrected chi connectivity index (χ4v) is 6.13. The Morgan fingerprint density at radius 1 is 0.903 bits per heavy atom. The van der Waals surface area contributed by atoms with E-state index in [1.165, 1.54) is 16.4 Å². The lowest BCUT2D eigenvalue weighted by molar-refractivity contribution is 0.136. The fourth-order valence-electron chi connectivity index (χ4n) is 4.46. The highest BCUT2D eigenvalue weighted by atomic mass is 32.2. The summed E-state index contributed by atoms with van der Waals surface area (Å²) in [5.74, 6) is -0.449. The van der Waals surface area contributed by atoms with Gasteiger partial charge in [-0.15, -0.1) is 0 Å². The topological polar surface area (TPSA) is 66.9 Å². The Labute approximate surface area is 179 Å². The number of hydrogen-bond donors (Lipinski definition) is 0. The molecule has 0 atom stereocenters. The molecule has 8 heteroatoms. The molecule has 0 unspecified atom stereocenters. The number of sulfonamides is 1. The van der Waals surface area contributed by atoms with E-state index in [9.17, 15) is 17.6 Å². The van der Waals surface area contributed by atoms with Gasteiger partial charge in [0.05, 0.1) is 10.6 Å². The van der Waals surface area contributed by atoms with Crippen LogP contribution in [0.4, 0.5) is 14.9 Å². The molecule has 0 bridgehead atoms. The maximum atomic E-state index is 14.2. The zero-order valence-corrected chi connectivity index (χ0v) is 17.5. The Morgan fingerprint density at radius 3 is 2.35 bits per heavy atom. The van der Waals surface area contributed by atoms with Crippen molar-refractivity contribution >= 4 is 32.6 Å². The maximum Gasteiger partial charge on any atom is 0.414 e. The minimum absolute atomic E-state index is 0.102. The summed E-state index contributed by atoms with van der Waals surface area (Å²) in [5, 5.41) is 0.657. The molecular weight excluding hydrogens is 419 g/mol. The van der Waals surface area contributed by atoms with Crippen molar-refractivity contribution < 1.29 is 22.3 Å². The fraction of sp³-hybridized carbons (Fsp3) is 0.261. The summed E-state index contributed by atoms with van der Waals surface area (Å²) in [6, 6.07) is 16.6. The number of piperidine rings is 1. The summed E-state index contributed by atoms with van der Waals surface area (Å²) < 4.78 is 47.6. The minimum Gasteiger partial charge on any atom is -0.444 e. The lowest BCUT2D eigenvalue weighted by Gasteiger charge is -2.39. The number of fused-ring (bicyclic) bond motifs is 2. The molecule has 0 saturated carbocycles. The number of nitrogens with zero attached hydrogens (tertiary/aromatic N) is 2. The monoisotopic (exact) mass is 440 g/mol. The molecule has 2 aliphatic rings. The Kier molecular flexibility index (Phi) is 4.91. The lowest BCUT2D eigenvalue weighted by Crippen LogP contribution is -2.50. The summed E-state index contributed by atoms with van der Waals surface area (Å²) in [5.41, 5.74) is 1.76. The molecule has 3 aromatic rings. The van der Waals surface area contributed by atoms with Crippen molar-refractivity contribution in [1.82, 2.24) is 4.31 Å². The first kappa shape index (κ1) is 20.0. The van der Waals surface area contributed by atoms with Gasteiger partial charge in [-0.1, -0.05) is 42.5 Å². The molecule has 1 amide bonds. The smallest absolute Gasteiger partial charge is 0.414 e. The Hall–Kier alpha value is -2.97. The third-order valence-corrected chi connectivity index (χ3v) is 7.99. The number of carbonyl (C=O) groups excluding carboxylic acids is 1. The van der Waals surface area contributed by atoms with Crippen molar-refractivity contribution in [2.24, 2.45) is 0 Å². The van der Waals surface area contributed by atoms with Crippen LogP contribution in [0.2, 0.25) is 0 Å². The minimum atomic E-state index is -3.80. The van der Waals surface area contributed by atoms with Gasteiger partial charge >= 0.3 is 6.09 Å². The quantitative estimate of drug-likeness (QED) is 0.610. The number of halogens is 1. The molecule has 0 radical (unpaired) electrons. The van der Waals surface area contributed by atoms with Crippen molar-refractivity contribution in [3.8, 4) is 0 Å². The first-order chi connectivity index (χ1) is 15.0. The summed E-state index contributed by atoms with van der Waals surface area (Å²) >= 11 is 0. The van der Waals surface area contributed by atoms with Crippen molar-refractivity contribution in [2.75, 3.05) is 18.0 Å². The SMILES string of the molecule is O=C1OCc2ccccc2N1C1CCN(S(=O)(=O)c2ccc(F)c3ccccc23)CC1. The second-order valence-corrected chi connectivity index (χ2v) is 9.69. The maximum absolute atomic E-state index is 14.2. The molecule has 2 heterocycles. The normalized spacial score (nSPS) is 18.1. The first-order valence-corrected chi connectivity index (χ1v) is 11.6. The van der Waals surface area contributed by atoms with E-state index in [0.717, 1.165) is 11.3 Å². The van der Waals surface area contributed by atoms with Crippen molar-refractivity contribution in [3.63, 3.8) is 0 Å². The van der Waals surface area contributed by atoms with Crippen LogP contribution in [0.1, 0.15) is 18.4 Å². The Bertz CT molecular complexity index is 1270. The van der Waals surface area contributed by atoms with Gasteiger partial charge in [0, 0.05) is 35.5 Å². The van der Waals surface area contributed by atoms with Gasteiger partial charge in [-0.25, -0.2) is 17.6 Å². The van der Waals surface area contributed by atoms with Crippen LogP contribution in [0.25, 0.3) is 10.8 Å². The molecule has 6 nitrogen and oxygen atoms in total. The van der Waals surface area contributed by atoms with Gasteiger partial charge in [0.15, 0.2) is 0 Å². The van der Waals surface area contributed by atoms with Crippen LogP contribution in [-0.4, -0.2) is 37.9 Å². The van der Waals surface area contributed by atoms with E-state index >= 15 is 0 Å². The second kappa shape index (κ2) is 7.62. The van der Waals surface area contributed by atoms with Gasteiger partial charge in [0.1, 0.15) is 12.4 Å². The van der Waals surface area contributed by atoms with E-state index in [1.54, 1.807) is 29.2 Å². The molecule has 31 heavy (non-hydrogen) atoms. The number of benzene rings is 3. The van der Waals surface area contributed by atoms with Crippen molar-refractivity contribution in [1.29, 1.82) is 0 Å². The molecule has 1 saturated heterocycles. The highest BCUT2D eigenvalue weighted by molar-refractivity contribution is 7.89. The van der Waals surface area contributed by atoms with Crippen molar-refractivity contribution in [3.05, 3.63) is 72.0 Å². The number of carbonyl (C=O) groups is 1. The van der Waals surface area contributed by atoms with E-state index in [-0.39, 0.29) is 36.0 Å². The van der Waals surface area contributed by atoms with E-state index in [4.69, 9.17) is 4.74 Å². The largest absolute Gasteiger partial charge is 0.444 e. The third-order valence-electron chi connectivity index (χ3n) is 6.04. The van der Waals surface area contributed by atoms with E-state index in [2.05, 4.69) is 0 Å². The second-order valence-electron chi connectivity index (χ2n) is 7.78. The lowest BCUT2D eigenvalue weighted by atomic mass is 10.0. The number of para-hydroxylation sites is 1. The molecular formula is C23H21FN2O4S. The standard InChI is InChI=1S/C23H21FN2O4S/c24-20-9-10-22(19-7-3-2-6-18(19)20)31(28,29)25-13-11-17(12-14-25)26-21-8-4-1-5-16(21)15-30-23(26)27/h1-10,17H,11-15H2. The van der Waals surface area contributed by atoms with Crippen molar-refractivity contribution in [2.45, 2.75) is 30.4 Å². The summed E-state index contributed by atoms with van der Waals surface area (Å²) in [7, 11) is -3.80. The summed E-state index contributed by atoms with van der Waals surface area (Å²) in [4.78, 5) is 14.2. The van der Waals surface area contributed by atoms with E-state index < -0.39 is 21.9 Å². The molecule has 2 aliphatic heterocycles. The predicted molar refractivity (Wildman–Crippen MR) is 115 cm³/mol. The van der Waals surface area contributed by atoms with Gasteiger partial charge in [-0.3, -0.25) is 4.90 Å². The average molecular weight is 440 g/mol. The van der Waals surface area contributed by atoms with Crippen LogP contribution < -0.4 is 4.90 Å². The average Bonchev–Trinajstić information content (AvgIpc) is 2.79. The van der Waals surface area contributed by atoms with Gasteiger partial charge < -0.3 is 4.74 Å². The van der Waals surface area contributed by atoms with E-state index in [0.29, 0.717) is 18.2 Å². The number of hydrogen-bond acceptors (Lipinski definition) is 4. The van der Waals surface area contributed by atoms with Gasteiger partial charge in [0.25, 0.3) is 0 Å². The molecule has 0 aromatic heterocycles. The number of cyclic esters (lactones) is 1. The van der Waals surface area contributed by atoms with Gasteiger partial charge in [0.2, 0.25) is 10.0 Å². The molecule has 160 valence electrons. The zero-order chi connectivity index (χ0) is 21.6. The van der Waals surface area contributed by atoms with Crippen LogP contribution in [-0.2, 0) is 21.4 Å². The highest BCUT2D eigenvalue weighted by Gasteiger charge is 2.37. The molecule has 0 N–H and O–H groups in total. The Balaban J connectivity index is 1.40. The molecule has 0 aliphatic carbocycles. The van der Waals surface area contributed by atoms with Crippen LogP contribution in [0.3, 0.4) is 0 Å². The van der Waals surface area contributed by atoms with Crippen LogP contribution in [0.15, 0.2) is 65.6 Å². The van der Waals surface area contributed by atoms with E-state index in [1.807, 2.05) is 24.3 Å². The third kappa shape index (κ3) is 3.36.